The van der Waals surface area contributed by atoms with Crippen molar-refractivity contribution in [2.75, 3.05) is 31.8 Å². The Hall–Kier alpha value is -3.24. The number of alkyl carbamates (subject to hydrolysis) is 1. The zero-order chi connectivity index (χ0) is 35.3. The van der Waals surface area contributed by atoms with Crippen LogP contribution < -0.4 is 10.2 Å². The number of nitrogens with one attached hydrogen (secondary N) is 1. The van der Waals surface area contributed by atoms with E-state index in [-0.39, 0.29) is 35.5 Å². The minimum Gasteiger partial charge on any atom is -0.497 e. The molecule has 2 amide bonds. The highest BCUT2D eigenvalue weighted by molar-refractivity contribution is 7.15. The number of thiazole rings is 1. The molecule has 3 heterocycles. The third-order valence-corrected chi connectivity index (χ3v) is 12.6. The Morgan fingerprint density at radius 1 is 1.02 bits per heavy atom. The normalized spacial score (nSPS) is 26.4. The number of amides is 2. The lowest BCUT2D eigenvalue weighted by Gasteiger charge is -2.37. The Morgan fingerprint density at radius 3 is 2.42 bits per heavy atom. The van der Waals surface area contributed by atoms with Crippen LogP contribution in [0.4, 0.5) is 10.6 Å². The predicted molar refractivity (Wildman–Crippen MR) is 198 cm³/mol. The second-order valence-corrected chi connectivity index (χ2v) is 16.9. The molecule has 2 aromatic rings. The molecule has 3 fully saturated rings. The first-order valence-electron chi connectivity index (χ1n) is 18.8. The lowest BCUT2D eigenvalue weighted by atomic mass is 9.72. The maximum absolute atomic E-state index is 14.5. The van der Waals surface area contributed by atoms with Gasteiger partial charge in [-0.3, -0.25) is 9.69 Å². The molecule has 1 saturated heterocycles. The van der Waals surface area contributed by atoms with Crippen LogP contribution in [-0.2, 0) is 24.4 Å². The summed E-state index contributed by atoms with van der Waals surface area (Å²) in [6.07, 6.45) is 17.8. The van der Waals surface area contributed by atoms with Crippen LogP contribution in [0, 0.1) is 23.7 Å². The number of carbonyl (C=O) groups is 2. The van der Waals surface area contributed by atoms with E-state index in [0.717, 1.165) is 59.1 Å². The van der Waals surface area contributed by atoms with Gasteiger partial charge in [-0.25, -0.2) is 14.8 Å². The first-order valence-corrected chi connectivity index (χ1v) is 19.6. The average molecular weight is 705 g/mol. The smallest absolute Gasteiger partial charge is 0.407 e. The second-order valence-electron chi connectivity index (χ2n) is 15.9. The van der Waals surface area contributed by atoms with Gasteiger partial charge in [0.15, 0.2) is 0 Å². The highest BCUT2D eigenvalue weighted by atomic mass is 32.1. The van der Waals surface area contributed by atoms with Crippen molar-refractivity contribution in [1.82, 2.24) is 15.3 Å². The summed E-state index contributed by atoms with van der Waals surface area (Å²) in [5.74, 6) is 3.38. The van der Waals surface area contributed by atoms with Crippen LogP contribution in [0.25, 0.3) is 10.4 Å². The minimum absolute atomic E-state index is 0.0256. The van der Waals surface area contributed by atoms with E-state index in [1.165, 1.54) is 18.4 Å². The van der Waals surface area contributed by atoms with Crippen LogP contribution in [0.1, 0.15) is 103 Å². The van der Waals surface area contributed by atoms with Gasteiger partial charge >= 0.3 is 6.09 Å². The molecule has 1 unspecified atom stereocenters. The summed E-state index contributed by atoms with van der Waals surface area (Å²) in [6.45, 7) is 10.7. The molecular formula is C40H56N4O5S. The maximum Gasteiger partial charge on any atom is 0.407 e. The Balaban J connectivity index is 1.12. The van der Waals surface area contributed by atoms with Gasteiger partial charge in [-0.05, 0) is 125 Å². The molecule has 0 radical (unpaired) electrons. The van der Waals surface area contributed by atoms with Crippen LogP contribution in [-0.4, -0.2) is 61.0 Å². The number of methoxy groups -OCH3 is 1. The summed E-state index contributed by atoms with van der Waals surface area (Å²) in [5, 5.41) is 4.10. The van der Waals surface area contributed by atoms with Crippen LogP contribution in [0.3, 0.4) is 0 Å². The van der Waals surface area contributed by atoms with E-state index in [1.54, 1.807) is 18.4 Å². The van der Waals surface area contributed by atoms with Crippen molar-refractivity contribution in [2.45, 2.75) is 116 Å². The fraction of sp³-hybridized carbons (Fsp3) is 0.650. The molecule has 1 aliphatic heterocycles. The quantitative estimate of drug-likeness (QED) is 0.279. The number of nitrogens with zero attached hydrogens (tertiary/aromatic N) is 3. The topological polar surface area (TPSA) is 103 Å². The van der Waals surface area contributed by atoms with Gasteiger partial charge in [-0.15, -0.1) is 11.3 Å². The number of hydrogen-bond donors (Lipinski definition) is 1. The molecule has 3 aliphatic carbocycles. The van der Waals surface area contributed by atoms with Gasteiger partial charge in [0, 0.05) is 49.5 Å². The molecule has 1 N–H and O–H groups in total. The highest BCUT2D eigenvalue weighted by Gasteiger charge is 2.35. The number of carbonyl (C=O) groups excluding carboxylic acids is 2. The minimum atomic E-state index is -0.350. The van der Waals surface area contributed by atoms with Crippen LogP contribution in [0.15, 0.2) is 48.0 Å². The van der Waals surface area contributed by atoms with E-state index in [2.05, 4.69) is 51.2 Å². The van der Waals surface area contributed by atoms with Crippen molar-refractivity contribution in [3.63, 3.8) is 0 Å². The van der Waals surface area contributed by atoms with Crippen molar-refractivity contribution in [1.29, 1.82) is 0 Å². The lowest BCUT2D eigenvalue weighted by Crippen LogP contribution is -2.44. The van der Waals surface area contributed by atoms with E-state index in [1.807, 2.05) is 23.4 Å². The molecule has 6 rings (SSSR count). The van der Waals surface area contributed by atoms with Crippen LogP contribution in [0.2, 0.25) is 0 Å². The van der Waals surface area contributed by atoms with Crippen molar-refractivity contribution < 1.29 is 23.8 Å². The maximum atomic E-state index is 14.5. The predicted octanol–water partition coefficient (Wildman–Crippen LogP) is 8.60. The molecule has 0 bridgehead atoms. The Bertz CT molecular complexity index is 1520. The van der Waals surface area contributed by atoms with Crippen molar-refractivity contribution in [3.05, 3.63) is 53.0 Å². The number of hydrogen-bond acceptors (Lipinski definition) is 8. The van der Waals surface area contributed by atoms with E-state index >= 15 is 0 Å². The molecule has 4 aliphatic rings. The van der Waals surface area contributed by atoms with Crippen LogP contribution in [0.5, 0.6) is 0 Å². The largest absolute Gasteiger partial charge is 0.497 e. The van der Waals surface area contributed by atoms with Crippen LogP contribution >= 0.6 is 11.3 Å². The zero-order valence-electron chi connectivity index (χ0n) is 30.6. The summed E-state index contributed by atoms with van der Waals surface area (Å²) < 4.78 is 16.8. The average Bonchev–Trinajstić information content (AvgIpc) is 3.63. The highest BCUT2D eigenvalue weighted by Crippen LogP contribution is 2.41. The third kappa shape index (κ3) is 9.15. The van der Waals surface area contributed by atoms with Gasteiger partial charge < -0.3 is 19.5 Å². The molecule has 10 heteroatoms. The number of allylic oxidation sites excluding steroid dienone is 3. The van der Waals surface area contributed by atoms with Gasteiger partial charge in [0.25, 0.3) is 0 Å². The first-order chi connectivity index (χ1) is 24.1. The number of aromatic nitrogens is 2. The number of ether oxygens (including phenoxy) is 3. The van der Waals surface area contributed by atoms with E-state index in [4.69, 9.17) is 24.2 Å². The van der Waals surface area contributed by atoms with Gasteiger partial charge in [0.1, 0.15) is 17.7 Å². The molecule has 272 valence electrons. The van der Waals surface area contributed by atoms with Gasteiger partial charge in [-0.1, -0.05) is 26.8 Å². The SMILES string of the molecule is COC1=C(C)CC([C@H]2CC[C@H](CN(c3cc(-c4cnc(C(C)(C)C)s4)ccn3)C(=O)[C@H]3CC[C@H](OC(=O)NC4CCOCC4)CC3)CC2)C=C1. The van der Waals surface area contributed by atoms with Gasteiger partial charge in [-0.2, -0.15) is 0 Å². The molecule has 0 spiro atoms. The number of anilines is 1. The van der Waals surface area contributed by atoms with Gasteiger partial charge in [0.05, 0.1) is 17.0 Å². The summed E-state index contributed by atoms with van der Waals surface area (Å²) in [4.78, 5) is 39.7. The molecule has 2 aromatic heterocycles. The third-order valence-electron chi connectivity index (χ3n) is 11.2. The monoisotopic (exact) mass is 704 g/mol. The number of pyridine rings is 1. The number of rotatable bonds is 9. The molecular weight excluding hydrogens is 649 g/mol. The Kier molecular flexibility index (Phi) is 12.0. The van der Waals surface area contributed by atoms with E-state index in [9.17, 15) is 9.59 Å². The van der Waals surface area contributed by atoms with E-state index < -0.39 is 0 Å². The molecule has 2 saturated carbocycles. The molecule has 1 atom stereocenters. The van der Waals surface area contributed by atoms with Crippen molar-refractivity contribution >= 4 is 29.2 Å². The summed E-state index contributed by atoms with van der Waals surface area (Å²) in [5.41, 5.74) is 2.35. The Morgan fingerprint density at radius 2 is 1.76 bits per heavy atom. The standard InChI is InChI=1S/C40H56N4O5S/c1-26-22-30(12-15-34(26)47-5)28-8-6-27(7-9-28)25-44(36-23-31(16-19-41-36)35-24-42-38(50-35)40(2,3)4)37(45)29-10-13-33(14-11-29)49-39(46)43-32-17-20-48-21-18-32/h12,15-16,19,23-24,27-30,32-33H,6-11,13-14,17-18,20-22,25H2,1-5H3,(H,43,46)/t27-,28-,29-,30?,33-. The summed E-state index contributed by atoms with van der Waals surface area (Å²) >= 11 is 1.70. The lowest BCUT2D eigenvalue weighted by molar-refractivity contribution is -0.124. The van der Waals surface area contributed by atoms with Crippen molar-refractivity contribution in [3.8, 4) is 10.4 Å². The second kappa shape index (κ2) is 16.4. The van der Waals surface area contributed by atoms with Crippen molar-refractivity contribution in [2.24, 2.45) is 23.7 Å². The molecule has 0 aromatic carbocycles. The molecule has 9 nitrogen and oxygen atoms in total. The zero-order valence-corrected chi connectivity index (χ0v) is 31.4. The van der Waals surface area contributed by atoms with E-state index in [0.29, 0.717) is 63.2 Å². The first kappa shape index (κ1) is 36.5. The fourth-order valence-electron chi connectivity index (χ4n) is 8.11. The summed E-state index contributed by atoms with van der Waals surface area (Å²) in [6, 6.07) is 4.21. The fourth-order valence-corrected chi connectivity index (χ4v) is 9.08. The Labute approximate surface area is 302 Å². The summed E-state index contributed by atoms with van der Waals surface area (Å²) in [7, 11) is 1.75. The van der Waals surface area contributed by atoms with Gasteiger partial charge in [0.2, 0.25) is 5.91 Å². The molecule has 50 heavy (non-hydrogen) atoms.